The molecule has 1 aliphatic heterocycles. The van der Waals surface area contributed by atoms with Gasteiger partial charge in [-0.05, 0) is 5.92 Å². The highest BCUT2D eigenvalue weighted by atomic mass is 127. The van der Waals surface area contributed by atoms with E-state index in [9.17, 15) is 4.79 Å². The monoisotopic (exact) mass is 483 g/mol. The molecule has 7 nitrogen and oxygen atoms in total. The summed E-state index contributed by atoms with van der Waals surface area (Å²) in [6.45, 7) is 16.0. The van der Waals surface area contributed by atoms with Crippen molar-refractivity contribution in [3.05, 3.63) is 0 Å². The molecule has 1 atom stereocenters. The molecule has 0 radical (unpaired) electrons. The van der Waals surface area contributed by atoms with Crippen LogP contribution in [0.25, 0.3) is 0 Å². The normalized spacial score (nSPS) is 19.0. The van der Waals surface area contributed by atoms with Crippen LogP contribution in [0.4, 0.5) is 0 Å². The van der Waals surface area contributed by atoms with Gasteiger partial charge in [-0.3, -0.25) is 14.7 Å². The van der Waals surface area contributed by atoms with Gasteiger partial charge in [-0.1, -0.05) is 34.6 Å². The molecule has 26 heavy (non-hydrogen) atoms. The lowest BCUT2D eigenvalue weighted by molar-refractivity contribution is -0.128. The minimum Gasteiger partial charge on any atom is -0.374 e. The van der Waals surface area contributed by atoms with E-state index in [0.29, 0.717) is 19.0 Å². The fraction of sp³-hybridized carbons (Fsp3) is 0.889. The lowest BCUT2D eigenvalue weighted by Gasteiger charge is -2.34. The van der Waals surface area contributed by atoms with Crippen LogP contribution in [0, 0.1) is 11.3 Å². The minimum atomic E-state index is -0.361. The Labute approximate surface area is 176 Å². The Morgan fingerprint density at radius 1 is 1.23 bits per heavy atom. The lowest BCUT2D eigenvalue weighted by atomic mass is 9.96. The fourth-order valence-electron chi connectivity index (χ4n) is 2.64. The van der Waals surface area contributed by atoms with Crippen LogP contribution < -0.4 is 16.0 Å². The van der Waals surface area contributed by atoms with Crippen molar-refractivity contribution in [2.45, 2.75) is 40.7 Å². The largest absolute Gasteiger partial charge is 0.374 e. The van der Waals surface area contributed by atoms with Crippen molar-refractivity contribution in [2.75, 3.05) is 52.9 Å². The van der Waals surface area contributed by atoms with Crippen molar-refractivity contribution in [3.63, 3.8) is 0 Å². The van der Waals surface area contributed by atoms with Crippen LogP contribution in [0.15, 0.2) is 4.99 Å². The Balaban J connectivity index is 0.00000625. The van der Waals surface area contributed by atoms with E-state index in [1.165, 1.54) is 0 Å². The molecule has 1 saturated heterocycles. The van der Waals surface area contributed by atoms with Gasteiger partial charge in [-0.2, -0.15) is 0 Å². The number of rotatable bonds is 7. The number of halogens is 1. The van der Waals surface area contributed by atoms with Gasteiger partial charge in [-0.15, -0.1) is 24.0 Å². The van der Waals surface area contributed by atoms with E-state index in [-0.39, 0.29) is 41.4 Å². The molecular weight excluding hydrogens is 445 g/mol. The van der Waals surface area contributed by atoms with Crippen molar-refractivity contribution in [3.8, 4) is 0 Å². The van der Waals surface area contributed by atoms with Crippen LogP contribution in [0.3, 0.4) is 0 Å². The third-order valence-corrected chi connectivity index (χ3v) is 3.95. The molecule has 8 heteroatoms. The lowest BCUT2D eigenvalue weighted by Crippen LogP contribution is -2.50. The topological polar surface area (TPSA) is 78.0 Å². The molecule has 1 amide bonds. The molecule has 0 aliphatic carbocycles. The summed E-state index contributed by atoms with van der Waals surface area (Å²) in [7, 11) is 1.75. The second-order valence-electron chi connectivity index (χ2n) is 8.03. The van der Waals surface area contributed by atoms with Gasteiger partial charge in [0.05, 0.1) is 12.7 Å². The second kappa shape index (κ2) is 12.7. The van der Waals surface area contributed by atoms with Crippen LogP contribution in [0.2, 0.25) is 0 Å². The number of nitrogens with zero attached hydrogens (tertiary/aromatic N) is 2. The molecule has 0 bridgehead atoms. The molecule has 0 spiro atoms. The summed E-state index contributed by atoms with van der Waals surface area (Å²) in [5.74, 6) is 1.46. The molecule has 0 aromatic rings. The zero-order valence-electron chi connectivity index (χ0n) is 17.2. The summed E-state index contributed by atoms with van der Waals surface area (Å²) in [4.78, 5) is 18.5. The maximum atomic E-state index is 11.8. The Hall–Kier alpha value is -0.610. The number of aliphatic imine (C=N–C) groups is 1. The van der Waals surface area contributed by atoms with Gasteiger partial charge in [0, 0.05) is 51.7 Å². The van der Waals surface area contributed by atoms with E-state index in [1.54, 1.807) is 7.05 Å². The number of morpholine rings is 1. The van der Waals surface area contributed by atoms with E-state index in [4.69, 9.17) is 4.74 Å². The Kier molecular flexibility index (Phi) is 12.4. The Bertz CT molecular complexity index is 438. The van der Waals surface area contributed by atoms with Crippen LogP contribution >= 0.6 is 24.0 Å². The number of hydrogen-bond donors (Lipinski definition) is 3. The van der Waals surface area contributed by atoms with Crippen molar-refractivity contribution in [1.82, 2.24) is 20.9 Å². The summed E-state index contributed by atoms with van der Waals surface area (Å²) >= 11 is 0. The van der Waals surface area contributed by atoms with Crippen molar-refractivity contribution >= 4 is 35.8 Å². The highest BCUT2D eigenvalue weighted by Crippen LogP contribution is 2.11. The summed E-state index contributed by atoms with van der Waals surface area (Å²) in [5, 5.41) is 9.44. The number of guanidine groups is 1. The van der Waals surface area contributed by atoms with Crippen LogP contribution in [0.1, 0.15) is 34.6 Å². The highest BCUT2D eigenvalue weighted by Gasteiger charge is 2.21. The van der Waals surface area contributed by atoms with E-state index in [2.05, 4.69) is 39.7 Å². The van der Waals surface area contributed by atoms with Crippen molar-refractivity contribution in [1.29, 1.82) is 0 Å². The SMILES string of the molecule is CN=C(NCCNC(=O)C(C)(C)C)NCC1CN(CC(C)C)CCO1.I. The molecule has 3 N–H and O–H groups in total. The third-order valence-electron chi connectivity index (χ3n) is 3.95. The van der Waals surface area contributed by atoms with Crippen LogP contribution in [-0.4, -0.2) is 75.8 Å². The third kappa shape index (κ3) is 10.5. The number of carbonyl (C=O) groups excluding carboxylic acids is 1. The maximum absolute atomic E-state index is 11.8. The summed E-state index contributed by atoms with van der Waals surface area (Å²) in [6, 6.07) is 0. The molecule has 1 rings (SSSR count). The fourth-order valence-corrected chi connectivity index (χ4v) is 2.64. The van der Waals surface area contributed by atoms with Crippen molar-refractivity contribution < 1.29 is 9.53 Å². The molecule has 1 fully saturated rings. The first kappa shape index (κ1) is 25.4. The number of nitrogens with one attached hydrogen (secondary N) is 3. The standard InChI is InChI=1S/C18H37N5O2.HI/c1-14(2)12-23-9-10-25-15(13-23)11-22-17(19-6)21-8-7-20-16(24)18(3,4)5;/h14-15H,7-13H2,1-6H3,(H,20,24)(H2,19,21,22);1H. The summed E-state index contributed by atoms with van der Waals surface area (Å²) < 4.78 is 5.84. The predicted molar refractivity (Wildman–Crippen MR) is 118 cm³/mol. The Morgan fingerprint density at radius 3 is 2.46 bits per heavy atom. The molecule has 154 valence electrons. The molecule has 0 aromatic heterocycles. The molecule has 1 aliphatic rings. The maximum Gasteiger partial charge on any atom is 0.225 e. The quantitative estimate of drug-likeness (QED) is 0.220. The first-order valence-electron chi connectivity index (χ1n) is 9.29. The smallest absolute Gasteiger partial charge is 0.225 e. The zero-order valence-corrected chi connectivity index (χ0v) is 19.6. The highest BCUT2D eigenvalue weighted by molar-refractivity contribution is 14.0. The molecule has 1 heterocycles. The van der Waals surface area contributed by atoms with Crippen LogP contribution in [0.5, 0.6) is 0 Å². The first-order valence-corrected chi connectivity index (χ1v) is 9.29. The summed E-state index contributed by atoms with van der Waals surface area (Å²) in [6.07, 6.45) is 0.173. The molecule has 0 aromatic carbocycles. The second-order valence-corrected chi connectivity index (χ2v) is 8.03. The van der Waals surface area contributed by atoms with Crippen LogP contribution in [-0.2, 0) is 9.53 Å². The molecule has 0 saturated carbocycles. The number of ether oxygens (including phenoxy) is 1. The number of carbonyl (C=O) groups is 1. The first-order chi connectivity index (χ1) is 11.7. The molecular formula is C18H38IN5O2. The van der Waals surface area contributed by atoms with E-state index >= 15 is 0 Å². The van der Waals surface area contributed by atoms with E-state index < -0.39 is 0 Å². The zero-order chi connectivity index (χ0) is 18.9. The number of amides is 1. The van der Waals surface area contributed by atoms with Gasteiger partial charge in [0.25, 0.3) is 0 Å². The number of hydrogen-bond acceptors (Lipinski definition) is 4. The van der Waals surface area contributed by atoms with Gasteiger partial charge < -0.3 is 20.7 Å². The van der Waals surface area contributed by atoms with Gasteiger partial charge in [0.2, 0.25) is 5.91 Å². The van der Waals surface area contributed by atoms with Crippen molar-refractivity contribution in [2.24, 2.45) is 16.3 Å². The minimum absolute atomic E-state index is 0. The van der Waals surface area contributed by atoms with E-state index in [1.807, 2.05) is 20.8 Å². The average molecular weight is 483 g/mol. The van der Waals surface area contributed by atoms with Gasteiger partial charge >= 0.3 is 0 Å². The van der Waals surface area contributed by atoms with Gasteiger partial charge in [0.1, 0.15) is 0 Å². The predicted octanol–water partition coefficient (Wildman–Crippen LogP) is 1.29. The van der Waals surface area contributed by atoms with Gasteiger partial charge in [-0.25, -0.2) is 0 Å². The molecule has 1 unspecified atom stereocenters. The van der Waals surface area contributed by atoms with Gasteiger partial charge in [0.15, 0.2) is 5.96 Å². The Morgan fingerprint density at radius 2 is 1.88 bits per heavy atom. The van der Waals surface area contributed by atoms with E-state index in [0.717, 1.165) is 38.7 Å². The average Bonchev–Trinajstić information content (AvgIpc) is 2.52. The summed E-state index contributed by atoms with van der Waals surface area (Å²) in [5.41, 5.74) is -0.361.